The summed E-state index contributed by atoms with van der Waals surface area (Å²) in [5, 5.41) is 9.89. The lowest BCUT2D eigenvalue weighted by Gasteiger charge is -2.16. The minimum Gasteiger partial charge on any atom is -0.454 e. The van der Waals surface area contributed by atoms with E-state index in [1.165, 1.54) is 11.6 Å². The number of hydrogen-bond donors (Lipinski definition) is 0. The molecule has 0 atom stereocenters. The van der Waals surface area contributed by atoms with Crippen molar-refractivity contribution in [2.24, 2.45) is 0 Å². The molecule has 31 heavy (non-hydrogen) atoms. The van der Waals surface area contributed by atoms with Crippen molar-refractivity contribution in [2.75, 3.05) is 6.79 Å². The highest BCUT2D eigenvalue weighted by Gasteiger charge is 2.24. The Labute approximate surface area is 178 Å². The van der Waals surface area contributed by atoms with Crippen molar-refractivity contribution >= 4 is 10.9 Å². The van der Waals surface area contributed by atoms with Crippen LogP contribution >= 0.6 is 0 Å². The number of pyridine rings is 1. The highest BCUT2D eigenvalue weighted by atomic mass is 19.1. The SMILES string of the molecule is Cc1ccc(-c2nnc3c4cc5c(cc4n(Cc4ccccc4F)cc2-3)OCO5)cc1. The molecule has 5 nitrogen and oxygen atoms in total. The lowest BCUT2D eigenvalue weighted by atomic mass is 10.0. The van der Waals surface area contributed by atoms with Crippen molar-refractivity contribution in [1.82, 2.24) is 14.8 Å². The van der Waals surface area contributed by atoms with Gasteiger partial charge in [-0.2, -0.15) is 0 Å². The van der Waals surface area contributed by atoms with Crippen LogP contribution in [0.5, 0.6) is 11.5 Å². The molecule has 6 heteroatoms. The summed E-state index contributed by atoms with van der Waals surface area (Å²) in [4.78, 5) is 0. The molecule has 0 spiro atoms. The minimum absolute atomic E-state index is 0.184. The molecule has 0 aliphatic carbocycles. The van der Waals surface area contributed by atoms with Crippen molar-refractivity contribution in [2.45, 2.75) is 13.5 Å². The van der Waals surface area contributed by atoms with E-state index in [-0.39, 0.29) is 12.6 Å². The number of benzene rings is 3. The van der Waals surface area contributed by atoms with Gasteiger partial charge >= 0.3 is 0 Å². The summed E-state index contributed by atoms with van der Waals surface area (Å²) in [5.74, 6) is 1.12. The number of hydrogen-bond acceptors (Lipinski definition) is 4. The maximum absolute atomic E-state index is 14.4. The fourth-order valence-electron chi connectivity index (χ4n) is 4.09. The van der Waals surface area contributed by atoms with Gasteiger partial charge in [0.15, 0.2) is 11.5 Å². The smallest absolute Gasteiger partial charge is 0.231 e. The molecule has 0 bridgehead atoms. The van der Waals surface area contributed by atoms with Gasteiger partial charge in [-0.05, 0) is 19.1 Å². The van der Waals surface area contributed by atoms with Crippen LogP contribution in [0.3, 0.4) is 0 Å². The van der Waals surface area contributed by atoms with Gasteiger partial charge in [0.1, 0.15) is 17.2 Å². The van der Waals surface area contributed by atoms with E-state index in [0.29, 0.717) is 23.6 Å². The number of ether oxygens (including phenoxy) is 2. The third kappa shape index (κ3) is 2.91. The predicted molar refractivity (Wildman–Crippen MR) is 116 cm³/mol. The second-order valence-electron chi connectivity index (χ2n) is 7.75. The summed E-state index contributed by atoms with van der Waals surface area (Å²) < 4.78 is 27.7. The zero-order chi connectivity index (χ0) is 20.9. The number of aromatic nitrogens is 3. The van der Waals surface area contributed by atoms with Crippen molar-refractivity contribution in [3.63, 3.8) is 0 Å². The molecule has 0 unspecified atom stereocenters. The molecule has 6 rings (SSSR count). The molecular formula is C25H18FN3O2. The van der Waals surface area contributed by atoms with Gasteiger partial charge < -0.3 is 14.0 Å². The summed E-state index contributed by atoms with van der Waals surface area (Å²) >= 11 is 0. The Bertz CT molecular complexity index is 1410. The van der Waals surface area contributed by atoms with E-state index in [1.807, 2.05) is 41.1 Å². The maximum atomic E-state index is 14.4. The molecule has 0 fully saturated rings. The molecule has 3 aliphatic heterocycles. The topological polar surface area (TPSA) is 49.2 Å². The summed E-state index contributed by atoms with van der Waals surface area (Å²) in [7, 11) is 0. The molecule has 152 valence electrons. The predicted octanol–water partition coefficient (Wildman–Crippen LogP) is 5.43. The minimum atomic E-state index is -0.235. The Hall–Kier alpha value is -3.93. The number of rotatable bonds is 3. The number of halogens is 1. The van der Waals surface area contributed by atoms with E-state index in [4.69, 9.17) is 9.47 Å². The van der Waals surface area contributed by atoms with Gasteiger partial charge in [-0.1, -0.05) is 48.0 Å². The average Bonchev–Trinajstić information content (AvgIpc) is 3.41. The van der Waals surface area contributed by atoms with Crippen LogP contribution in [-0.2, 0) is 6.54 Å². The summed E-state index contributed by atoms with van der Waals surface area (Å²) in [6.45, 7) is 2.61. The lowest BCUT2D eigenvalue weighted by molar-refractivity contribution is 0.174. The molecule has 3 heterocycles. The number of fused-ring (bicyclic) bond motifs is 4. The van der Waals surface area contributed by atoms with Crippen LogP contribution in [0.15, 0.2) is 66.9 Å². The van der Waals surface area contributed by atoms with E-state index in [9.17, 15) is 4.39 Å². The third-order valence-electron chi connectivity index (χ3n) is 5.72. The zero-order valence-electron chi connectivity index (χ0n) is 16.8. The van der Waals surface area contributed by atoms with E-state index in [2.05, 4.69) is 29.3 Å². The largest absolute Gasteiger partial charge is 0.454 e. The molecule has 3 aromatic carbocycles. The molecule has 0 saturated carbocycles. The van der Waals surface area contributed by atoms with Gasteiger partial charge in [-0.15, -0.1) is 10.2 Å². The molecule has 0 radical (unpaired) electrons. The lowest BCUT2D eigenvalue weighted by Crippen LogP contribution is -2.05. The zero-order valence-corrected chi connectivity index (χ0v) is 16.8. The van der Waals surface area contributed by atoms with E-state index in [0.717, 1.165) is 33.4 Å². The molecular weight excluding hydrogens is 393 g/mol. The first kappa shape index (κ1) is 17.9. The second kappa shape index (κ2) is 6.80. The fraction of sp³-hybridized carbons (Fsp3) is 0.120. The van der Waals surface area contributed by atoms with Crippen molar-refractivity contribution in [3.8, 4) is 34.0 Å². The van der Waals surface area contributed by atoms with Gasteiger partial charge in [0.05, 0.1) is 12.1 Å². The van der Waals surface area contributed by atoms with Gasteiger partial charge in [0.2, 0.25) is 6.79 Å². The Morgan fingerprint density at radius 3 is 2.48 bits per heavy atom. The standard InChI is InChI=1S/C25H18FN3O2/c1-15-6-8-16(9-7-15)24-19-13-29(12-17-4-2-3-5-20(17)26)21-11-23-22(30-14-31-23)10-18(21)25(19)28-27-24/h2-11,13H,12,14H2,1H3. The van der Waals surface area contributed by atoms with Crippen LogP contribution in [0.2, 0.25) is 0 Å². The number of aryl methyl sites for hydroxylation is 1. The van der Waals surface area contributed by atoms with Gasteiger partial charge in [0, 0.05) is 34.3 Å². The third-order valence-corrected chi connectivity index (χ3v) is 5.72. The van der Waals surface area contributed by atoms with Gasteiger partial charge in [-0.25, -0.2) is 4.39 Å². The molecule has 0 amide bonds. The van der Waals surface area contributed by atoms with Crippen LogP contribution in [0.1, 0.15) is 11.1 Å². The highest BCUT2D eigenvalue weighted by Crippen LogP contribution is 2.42. The Morgan fingerprint density at radius 2 is 1.68 bits per heavy atom. The van der Waals surface area contributed by atoms with Crippen LogP contribution in [0.4, 0.5) is 4.39 Å². The van der Waals surface area contributed by atoms with Crippen LogP contribution in [-0.4, -0.2) is 21.6 Å². The quantitative estimate of drug-likeness (QED) is 0.397. The summed E-state index contributed by atoms with van der Waals surface area (Å²) in [6, 6.07) is 18.9. The van der Waals surface area contributed by atoms with Crippen LogP contribution in [0.25, 0.3) is 33.4 Å². The van der Waals surface area contributed by atoms with Crippen molar-refractivity contribution in [1.29, 1.82) is 0 Å². The van der Waals surface area contributed by atoms with Crippen molar-refractivity contribution < 1.29 is 13.9 Å². The van der Waals surface area contributed by atoms with E-state index < -0.39 is 0 Å². The van der Waals surface area contributed by atoms with Crippen molar-refractivity contribution in [3.05, 3.63) is 83.8 Å². The maximum Gasteiger partial charge on any atom is 0.231 e. The molecule has 0 N–H and O–H groups in total. The average molecular weight is 411 g/mol. The monoisotopic (exact) mass is 411 g/mol. The molecule has 3 aromatic rings. The first-order chi connectivity index (χ1) is 15.2. The summed E-state index contributed by atoms with van der Waals surface area (Å²) in [5.41, 5.74) is 6.16. The second-order valence-corrected chi connectivity index (χ2v) is 7.75. The van der Waals surface area contributed by atoms with Gasteiger partial charge in [-0.3, -0.25) is 0 Å². The fourth-order valence-corrected chi connectivity index (χ4v) is 4.09. The number of nitrogens with zero attached hydrogens (tertiary/aromatic N) is 3. The van der Waals surface area contributed by atoms with Crippen LogP contribution < -0.4 is 9.47 Å². The Morgan fingerprint density at radius 1 is 0.935 bits per heavy atom. The van der Waals surface area contributed by atoms with Crippen LogP contribution in [0, 0.1) is 12.7 Å². The summed E-state index contributed by atoms with van der Waals surface area (Å²) in [6.07, 6.45) is 2.00. The Balaban J connectivity index is 1.61. The Kier molecular flexibility index (Phi) is 3.93. The first-order valence-corrected chi connectivity index (χ1v) is 10.1. The van der Waals surface area contributed by atoms with Gasteiger partial charge in [0.25, 0.3) is 0 Å². The molecule has 0 aromatic heterocycles. The van der Waals surface area contributed by atoms with E-state index in [1.54, 1.807) is 12.1 Å². The molecule has 0 saturated heterocycles. The first-order valence-electron chi connectivity index (χ1n) is 10.1. The van der Waals surface area contributed by atoms with E-state index >= 15 is 0 Å². The molecule has 3 aliphatic rings. The highest BCUT2D eigenvalue weighted by molar-refractivity contribution is 5.99. The normalized spacial score (nSPS) is 12.7.